The van der Waals surface area contributed by atoms with Crippen molar-refractivity contribution in [3.8, 4) is 0 Å². The van der Waals surface area contributed by atoms with Crippen LogP contribution in [-0.2, 0) is 11.3 Å². The van der Waals surface area contributed by atoms with Crippen LogP contribution >= 0.6 is 15.9 Å². The Balaban J connectivity index is 2.09. The lowest BCUT2D eigenvalue weighted by Gasteiger charge is -2.08. The molecular formula is C13H20BrFN2O. The Bertz CT molecular complexity index is 350. The summed E-state index contributed by atoms with van der Waals surface area (Å²) in [6.07, 6.45) is 1.04. The van der Waals surface area contributed by atoms with Gasteiger partial charge in [-0.2, -0.15) is 0 Å². The van der Waals surface area contributed by atoms with Crippen LogP contribution in [0.15, 0.2) is 22.7 Å². The molecular weight excluding hydrogens is 299 g/mol. The first kappa shape index (κ1) is 15.6. The number of halogens is 2. The van der Waals surface area contributed by atoms with Gasteiger partial charge in [0.05, 0.1) is 6.61 Å². The van der Waals surface area contributed by atoms with Crippen LogP contribution in [0.4, 0.5) is 4.39 Å². The Morgan fingerprint density at radius 3 is 2.78 bits per heavy atom. The summed E-state index contributed by atoms with van der Waals surface area (Å²) < 4.78 is 18.9. The zero-order valence-corrected chi connectivity index (χ0v) is 12.2. The Morgan fingerprint density at radius 1 is 1.22 bits per heavy atom. The molecule has 18 heavy (non-hydrogen) atoms. The van der Waals surface area contributed by atoms with Gasteiger partial charge >= 0.3 is 0 Å². The lowest BCUT2D eigenvalue weighted by Crippen LogP contribution is -2.24. The van der Waals surface area contributed by atoms with Crippen molar-refractivity contribution in [2.75, 3.05) is 33.4 Å². The average Bonchev–Trinajstić information content (AvgIpc) is 2.36. The molecule has 0 heterocycles. The number of rotatable bonds is 9. The van der Waals surface area contributed by atoms with E-state index in [1.807, 2.05) is 0 Å². The Kier molecular flexibility index (Phi) is 8.17. The maximum Gasteiger partial charge on any atom is 0.123 e. The van der Waals surface area contributed by atoms with Gasteiger partial charge < -0.3 is 15.4 Å². The van der Waals surface area contributed by atoms with E-state index in [1.165, 1.54) is 6.07 Å². The fraction of sp³-hybridized carbons (Fsp3) is 0.538. The number of methoxy groups -OCH3 is 1. The maximum absolute atomic E-state index is 13.0. The third-order valence-electron chi connectivity index (χ3n) is 2.51. The summed E-state index contributed by atoms with van der Waals surface area (Å²) in [5.41, 5.74) is 0.947. The molecule has 0 aliphatic carbocycles. The molecule has 1 aromatic rings. The molecule has 0 saturated heterocycles. The van der Waals surface area contributed by atoms with E-state index in [2.05, 4.69) is 26.6 Å². The highest BCUT2D eigenvalue weighted by atomic mass is 79.9. The number of hydrogen-bond donors (Lipinski definition) is 2. The molecule has 0 spiro atoms. The van der Waals surface area contributed by atoms with Crippen molar-refractivity contribution in [1.82, 2.24) is 10.6 Å². The van der Waals surface area contributed by atoms with Crippen LogP contribution in [0.25, 0.3) is 0 Å². The third kappa shape index (κ3) is 6.44. The topological polar surface area (TPSA) is 33.3 Å². The second-order valence-corrected chi connectivity index (χ2v) is 4.86. The Hall–Kier alpha value is -0.490. The minimum absolute atomic E-state index is 0.198. The molecule has 0 unspecified atom stereocenters. The van der Waals surface area contributed by atoms with E-state index in [9.17, 15) is 4.39 Å². The van der Waals surface area contributed by atoms with Gasteiger partial charge in [-0.3, -0.25) is 0 Å². The van der Waals surface area contributed by atoms with Crippen molar-refractivity contribution in [3.05, 3.63) is 34.1 Å². The summed E-state index contributed by atoms with van der Waals surface area (Å²) in [6, 6.07) is 4.74. The summed E-state index contributed by atoms with van der Waals surface area (Å²) in [7, 11) is 1.69. The Morgan fingerprint density at radius 2 is 2.00 bits per heavy atom. The van der Waals surface area contributed by atoms with Crippen molar-refractivity contribution in [1.29, 1.82) is 0 Å². The van der Waals surface area contributed by atoms with E-state index < -0.39 is 0 Å². The monoisotopic (exact) mass is 318 g/mol. The van der Waals surface area contributed by atoms with Gasteiger partial charge in [0.2, 0.25) is 0 Å². The van der Waals surface area contributed by atoms with Gasteiger partial charge in [0, 0.05) is 24.7 Å². The number of hydrogen-bond acceptors (Lipinski definition) is 3. The van der Waals surface area contributed by atoms with Gasteiger partial charge in [-0.05, 0) is 43.3 Å². The van der Waals surface area contributed by atoms with E-state index in [4.69, 9.17) is 4.74 Å². The van der Waals surface area contributed by atoms with Crippen LogP contribution in [0.2, 0.25) is 0 Å². The largest absolute Gasteiger partial charge is 0.383 e. The lowest BCUT2D eigenvalue weighted by molar-refractivity contribution is 0.199. The SMILES string of the molecule is COCCNCCCNCc1cc(F)ccc1Br. The van der Waals surface area contributed by atoms with Crippen LogP contribution in [-0.4, -0.2) is 33.4 Å². The molecule has 0 amide bonds. The fourth-order valence-corrected chi connectivity index (χ4v) is 1.93. The van der Waals surface area contributed by atoms with Crippen LogP contribution in [0, 0.1) is 5.82 Å². The van der Waals surface area contributed by atoms with Gasteiger partial charge in [-0.25, -0.2) is 4.39 Å². The lowest BCUT2D eigenvalue weighted by atomic mass is 10.2. The first-order valence-corrected chi connectivity index (χ1v) is 6.87. The van der Waals surface area contributed by atoms with E-state index in [0.29, 0.717) is 6.54 Å². The van der Waals surface area contributed by atoms with Crippen molar-refractivity contribution in [3.63, 3.8) is 0 Å². The standard InChI is InChI=1S/C13H20BrFN2O/c1-18-8-7-16-5-2-6-17-10-11-9-12(15)3-4-13(11)14/h3-4,9,16-17H,2,5-8,10H2,1H3. The van der Waals surface area contributed by atoms with Gasteiger partial charge in [0.25, 0.3) is 0 Å². The van der Waals surface area contributed by atoms with Crippen molar-refractivity contribution >= 4 is 15.9 Å². The quantitative estimate of drug-likeness (QED) is 0.685. The second kappa shape index (κ2) is 9.44. The first-order chi connectivity index (χ1) is 8.74. The molecule has 0 saturated carbocycles. The molecule has 102 valence electrons. The smallest absolute Gasteiger partial charge is 0.123 e. The first-order valence-electron chi connectivity index (χ1n) is 6.08. The number of ether oxygens (including phenoxy) is 1. The molecule has 0 aromatic heterocycles. The highest BCUT2D eigenvalue weighted by molar-refractivity contribution is 9.10. The van der Waals surface area contributed by atoms with Gasteiger partial charge in [0.1, 0.15) is 5.82 Å². The molecule has 0 radical (unpaired) electrons. The van der Waals surface area contributed by atoms with E-state index in [0.717, 1.165) is 42.7 Å². The van der Waals surface area contributed by atoms with Gasteiger partial charge in [0.15, 0.2) is 0 Å². The molecule has 0 atom stereocenters. The Labute approximate surface area is 116 Å². The fourth-order valence-electron chi connectivity index (χ4n) is 1.54. The molecule has 5 heteroatoms. The minimum Gasteiger partial charge on any atom is -0.383 e. The predicted molar refractivity (Wildman–Crippen MR) is 75.2 cm³/mol. The molecule has 2 N–H and O–H groups in total. The van der Waals surface area contributed by atoms with E-state index >= 15 is 0 Å². The highest BCUT2D eigenvalue weighted by Crippen LogP contribution is 2.17. The van der Waals surface area contributed by atoms with E-state index in [1.54, 1.807) is 19.2 Å². The molecule has 0 fully saturated rings. The summed E-state index contributed by atoms with van der Waals surface area (Å²) in [4.78, 5) is 0. The molecule has 3 nitrogen and oxygen atoms in total. The van der Waals surface area contributed by atoms with Crippen molar-refractivity contribution in [2.24, 2.45) is 0 Å². The van der Waals surface area contributed by atoms with E-state index in [-0.39, 0.29) is 5.82 Å². The van der Waals surface area contributed by atoms with Crippen LogP contribution in [0.1, 0.15) is 12.0 Å². The molecule has 1 rings (SSSR count). The predicted octanol–water partition coefficient (Wildman–Crippen LogP) is 2.30. The number of benzene rings is 1. The van der Waals surface area contributed by atoms with Crippen molar-refractivity contribution < 1.29 is 9.13 Å². The number of nitrogens with one attached hydrogen (secondary N) is 2. The summed E-state index contributed by atoms with van der Waals surface area (Å²) in [5.74, 6) is -0.198. The molecule has 0 aliphatic rings. The van der Waals surface area contributed by atoms with Crippen LogP contribution in [0.5, 0.6) is 0 Å². The highest BCUT2D eigenvalue weighted by Gasteiger charge is 2.00. The molecule has 0 aliphatic heterocycles. The minimum atomic E-state index is -0.198. The van der Waals surface area contributed by atoms with Crippen molar-refractivity contribution in [2.45, 2.75) is 13.0 Å². The van der Waals surface area contributed by atoms with Crippen LogP contribution in [0.3, 0.4) is 0 Å². The van der Waals surface area contributed by atoms with Gasteiger partial charge in [-0.15, -0.1) is 0 Å². The maximum atomic E-state index is 13.0. The molecule has 0 bridgehead atoms. The zero-order valence-electron chi connectivity index (χ0n) is 10.6. The van der Waals surface area contributed by atoms with Gasteiger partial charge in [-0.1, -0.05) is 15.9 Å². The summed E-state index contributed by atoms with van der Waals surface area (Å²) in [5, 5.41) is 6.56. The third-order valence-corrected chi connectivity index (χ3v) is 3.29. The second-order valence-electron chi connectivity index (χ2n) is 4.01. The average molecular weight is 319 g/mol. The normalized spacial score (nSPS) is 10.8. The summed E-state index contributed by atoms with van der Waals surface area (Å²) in [6.45, 7) is 4.16. The molecule has 1 aromatic carbocycles. The van der Waals surface area contributed by atoms with Crippen LogP contribution < -0.4 is 10.6 Å². The zero-order chi connectivity index (χ0) is 13.2. The summed E-state index contributed by atoms with van der Waals surface area (Å²) >= 11 is 3.41.